The van der Waals surface area contributed by atoms with E-state index in [9.17, 15) is 9.59 Å². The summed E-state index contributed by atoms with van der Waals surface area (Å²) < 4.78 is 15.5. The zero-order valence-corrected chi connectivity index (χ0v) is 13.8. The molecule has 6 nitrogen and oxygen atoms in total. The van der Waals surface area contributed by atoms with Crippen LogP contribution in [0.5, 0.6) is 11.5 Å². The SMILES string of the molecule is CCOC(=O)CC(NC(C)CC)C(=O)c1ccc2c(c1)OCO2. The van der Waals surface area contributed by atoms with Gasteiger partial charge in [-0.05, 0) is 38.5 Å². The van der Waals surface area contributed by atoms with Gasteiger partial charge >= 0.3 is 5.97 Å². The quantitative estimate of drug-likeness (QED) is 0.585. The van der Waals surface area contributed by atoms with Gasteiger partial charge in [-0.2, -0.15) is 0 Å². The molecule has 1 heterocycles. The van der Waals surface area contributed by atoms with Crippen LogP contribution in [0.1, 0.15) is 44.0 Å². The number of carbonyl (C=O) groups excluding carboxylic acids is 2. The molecule has 0 bridgehead atoms. The Morgan fingerprint density at radius 3 is 2.70 bits per heavy atom. The molecule has 2 atom stereocenters. The van der Waals surface area contributed by atoms with E-state index in [0.29, 0.717) is 23.7 Å². The number of ether oxygens (including phenoxy) is 3. The monoisotopic (exact) mass is 321 g/mol. The third kappa shape index (κ3) is 4.45. The second kappa shape index (κ2) is 7.97. The van der Waals surface area contributed by atoms with Crippen LogP contribution >= 0.6 is 0 Å². The predicted molar refractivity (Wildman–Crippen MR) is 84.8 cm³/mol. The fraction of sp³-hybridized carbons (Fsp3) is 0.529. The van der Waals surface area contributed by atoms with E-state index in [0.717, 1.165) is 6.42 Å². The van der Waals surface area contributed by atoms with E-state index in [2.05, 4.69) is 5.32 Å². The van der Waals surface area contributed by atoms with Crippen LogP contribution in [0.25, 0.3) is 0 Å². The molecule has 0 spiro atoms. The molecule has 1 aromatic rings. The molecule has 1 aromatic carbocycles. The number of Topliss-reactive ketones (excluding diaryl/α,β-unsaturated/α-hetero) is 1. The molecular weight excluding hydrogens is 298 g/mol. The predicted octanol–water partition coefficient (Wildman–Crippen LogP) is 2.31. The van der Waals surface area contributed by atoms with Crippen molar-refractivity contribution in [2.75, 3.05) is 13.4 Å². The Morgan fingerprint density at radius 1 is 1.26 bits per heavy atom. The van der Waals surface area contributed by atoms with Gasteiger partial charge in [0.1, 0.15) is 0 Å². The summed E-state index contributed by atoms with van der Waals surface area (Å²) in [4.78, 5) is 24.6. The van der Waals surface area contributed by atoms with Gasteiger partial charge in [0, 0.05) is 11.6 Å². The number of rotatable bonds is 8. The van der Waals surface area contributed by atoms with Crippen molar-refractivity contribution in [2.24, 2.45) is 0 Å². The molecule has 0 saturated carbocycles. The summed E-state index contributed by atoms with van der Waals surface area (Å²) in [6.45, 7) is 6.20. The van der Waals surface area contributed by atoms with E-state index in [1.165, 1.54) is 0 Å². The highest BCUT2D eigenvalue weighted by Crippen LogP contribution is 2.32. The minimum Gasteiger partial charge on any atom is -0.466 e. The molecule has 0 fully saturated rings. The van der Waals surface area contributed by atoms with E-state index in [1.54, 1.807) is 25.1 Å². The summed E-state index contributed by atoms with van der Waals surface area (Å²) in [7, 11) is 0. The van der Waals surface area contributed by atoms with E-state index in [4.69, 9.17) is 14.2 Å². The maximum Gasteiger partial charge on any atom is 0.307 e. The molecule has 0 aliphatic carbocycles. The molecule has 1 N–H and O–H groups in total. The summed E-state index contributed by atoms with van der Waals surface area (Å²) in [6.07, 6.45) is 0.860. The van der Waals surface area contributed by atoms with Crippen molar-refractivity contribution in [1.82, 2.24) is 5.32 Å². The Bertz CT molecular complexity index is 572. The number of hydrogen-bond acceptors (Lipinski definition) is 6. The standard InChI is InChI=1S/C17H23NO5/c1-4-11(3)18-13(9-16(19)21-5-2)17(20)12-6-7-14-15(8-12)23-10-22-14/h6-8,11,13,18H,4-5,9-10H2,1-3H3. The summed E-state index contributed by atoms with van der Waals surface area (Å²) >= 11 is 0. The van der Waals surface area contributed by atoms with E-state index < -0.39 is 6.04 Å². The Hall–Kier alpha value is -2.08. The lowest BCUT2D eigenvalue weighted by Crippen LogP contribution is -2.43. The molecule has 0 saturated heterocycles. The molecule has 0 aromatic heterocycles. The first-order valence-electron chi connectivity index (χ1n) is 7.90. The van der Waals surface area contributed by atoms with Crippen molar-refractivity contribution in [3.63, 3.8) is 0 Å². The summed E-state index contributed by atoms with van der Waals surface area (Å²) in [5.74, 6) is 0.631. The molecule has 0 amide bonds. The molecule has 1 aliphatic heterocycles. The van der Waals surface area contributed by atoms with Crippen molar-refractivity contribution in [2.45, 2.75) is 45.7 Å². The fourth-order valence-corrected chi connectivity index (χ4v) is 2.33. The van der Waals surface area contributed by atoms with Crippen molar-refractivity contribution < 1.29 is 23.8 Å². The molecule has 2 rings (SSSR count). The molecule has 6 heteroatoms. The topological polar surface area (TPSA) is 73.9 Å². The van der Waals surface area contributed by atoms with Crippen molar-refractivity contribution in [1.29, 1.82) is 0 Å². The first kappa shape index (κ1) is 17.3. The van der Waals surface area contributed by atoms with Crippen molar-refractivity contribution in [3.05, 3.63) is 23.8 Å². The van der Waals surface area contributed by atoms with Crippen LogP contribution in [0.4, 0.5) is 0 Å². The zero-order chi connectivity index (χ0) is 16.8. The molecule has 1 aliphatic rings. The molecule has 2 unspecified atom stereocenters. The largest absolute Gasteiger partial charge is 0.466 e. The highest BCUT2D eigenvalue weighted by molar-refractivity contribution is 6.02. The van der Waals surface area contributed by atoms with Gasteiger partial charge in [-0.25, -0.2) is 0 Å². The highest BCUT2D eigenvalue weighted by atomic mass is 16.7. The van der Waals surface area contributed by atoms with Crippen LogP contribution in [0.15, 0.2) is 18.2 Å². The summed E-state index contributed by atoms with van der Waals surface area (Å²) in [6, 6.07) is 4.55. The lowest BCUT2D eigenvalue weighted by atomic mass is 10.00. The zero-order valence-electron chi connectivity index (χ0n) is 13.8. The number of carbonyl (C=O) groups is 2. The fourth-order valence-electron chi connectivity index (χ4n) is 2.33. The van der Waals surface area contributed by atoms with E-state index >= 15 is 0 Å². The maximum absolute atomic E-state index is 12.8. The first-order chi connectivity index (χ1) is 11.0. The van der Waals surface area contributed by atoms with Crippen LogP contribution in [-0.2, 0) is 9.53 Å². The van der Waals surface area contributed by atoms with Gasteiger partial charge in [-0.3, -0.25) is 9.59 Å². The Labute approximate surface area is 136 Å². The number of nitrogens with one attached hydrogen (secondary N) is 1. The molecular formula is C17H23NO5. The Morgan fingerprint density at radius 2 is 2.00 bits per heavy atom. The van der Waals surface area contributed by atoms with Crippen molar-refractivity contribution >= 4 is 11.8 Å². The molecule has 0 radical (unpaired) electrons. The van der Waals surface area contributed by atoms with Crippen LogP contribution in [0.3, 0.4) is 0 Å². The van der Waals surface area contributed by atoms with E-state index in [1.807, 2.05) is 13.8 Å². The number of ketones is 1. The van der Waals surface area contributed by atoms with Crippen LogP contribution in [0, 0.1) is 0 Å². The minimum absolute atomic E-state index is 0.00541. The Balaban J connectivity index is 2.15. The van der Waals surface area contributed by atoms with Gasteiger partial charge in [0.25, 0.3) is 0 Å². The van der Waals surface area contributed by atoms with Gasteiger partial charge in [0.05, 0.1) is 19.1 Å². The average Bonchev–Trinajstić information content (AvgIpc) is 3.01. The number of esters is 1. The van der Waals surface area contributed by atoms with Gasteiger partial charge in [-0.15, -0.1) is 0 Å². The van der Waals surface area contributed by atoms with Gasteiger partial charge < -0.3 is 19.5 Å². The first-order valence-corrected chi connectivity index (χ1v) is 7.90. The van der Waals surface area contributed by atoms with Crippen LogP contribution < -0.4 is 14.8 Å². The molecule has 23 heavy (non-hydrogen) atoms. The summed E-state index contributed by atoms with van der Waals surface area (Å²) in [5, 5.41) is 3.20. The lowest BCUT2D eigenvalue weighted by molar-refractivity contribution is -0.143. The lowest BCUT2D eigenvalue weighted by Gasteiger charge is -2.21. The number of benzene rings is 1. The normalized spacial score (nSPS) is 15.1. The van der Waals surface area contributed by atoms with Crippen LogP contribution in [0.2, 0.25) is 0 Å². The Kier molecular flexibility index (Phi) is 5.98. The number of fused-ring (bicyclic) bond motifs is 1. The second-order valence-corrected chi connectivity index (χ2v) is 5.47. The maximum atomic E-state index is 12.8. The van der Waals surface area contributed by atoms with Gasteiger partial charge in [-0.1, -0.05) is 6.92 Å². The minimum atomic E-state index is -0.621. The average molecular weight is 321 g/mol. The second-order valence-electron chi connectivity index (χ2n) is 5.47. The smallest absolute Gasteiger partial charge is 0.307 e. The van der Waals surface area contributed by atoms with Gasteiger partial charge in [0.15, 0.2) is 17.3 Å². The molecule has 126 valence electrons. The van der Waals surface area contributed by atoms with Crippen LogP contribution in [-0.4, -0.2) is 37.2 Å². The summed E-state index contributed by atoms with van der Waals surface area (Å²) in [5.41, 5.74) is 0.486. The van der Waals surface area contributed by atoms with E-state index in [-0.39, 0.29) is 31.0 Å². The van der Waals surface area contributed by atoms with Gasteiger partial charge in [0.2, 0.25) is 6.79 Å². The van der Waals surface area contributed by atoms with Crippen molar-refractivity contribution in [3.8, 4) is 11.5 Å². The number of hydrogen-bond donors (Lipinski definition) is 1. The highest BCUT2D eigenvalue weighted by Gasteiger charge is 2.26. The third-order valence-electron chi connectivity index (χ3n) is 3.75. The third-order valence-corrected chi connectivity index (χ3v) is 3.75.